The number of H-pyrrole nitrogens is 1. The normalized spacial score (nSPS) is 11.7. The van der Waals surface area contributed by atoms with Crippen LogP contribution in [0.15, 0.2) is 33.5 Å². The molecule has 0 saturated heterocycles. The predicted octanol–water partition coefficient (Wildman–Crippen LogP) is 3.36. The van der Waals surface area contributed by atoms with Crippen molar-refractivity contribution in [2.75, 3.05) is 0 Å². The number of fused-ring (bicyclic) bond motifs is 1. The van der Waals surface area contributed by atoms with Crippen LogP contribution in [0.1, 0.15) is 53.8 Å². The van der Waals surface area contributed by atoms with Gasteiger partial charge in [-0.15, -0.1) is 0 Å². The van der Waals surface area contributed by atoms with Crippen LogP contribution in [0.2, 0.25) is 0 Å². The summed E-state index contributed by atoms with van der Waals surface area (Å²) in [6.07, 6.45) is 0. The smallest absolute Gasteiger partial charge is 0.261 e. The van der Waals surface area contributed by atoms with Gasteiger partial charge in [-0.25, -0.2) is 4.98 Å². The molecule has 3 aromatic rings. The van der Waals surface area contributed by atoms with Gasteiger partial charge in [0.25, 0.3) is 11.5 Å². The summed E-state index contributed by atoms with van der Waals surface area (Å²) in [5.74, 6) is -0.0398. The van der Waals surface area contributed by atoms with Gasteiger partial charge in [0.2, 0.25) is 5.89 Å². The first kappa shape index (κ1) is 17.9. The molecule has 0 radical (unpaired) electrons. The van der Waals surface area contributed by atoms with Crippen LogP contribution in [-0.4, -0.2) is 15.9 Å². The van der Waals surface area contributed by atoms with E-state index in [4.69, 9.17) is 4.42 Å². The zero-order valence-electron chi connectivity index (χ0n) is 15.7. The van der Waals surface area contributed by atoms with Crippen LogP contribution in [0, 0.1) is 13.8 Å². The second-order valence-electron chi connectivity index (χ2n) is 7.56. The maximum atomic E-state index is 12.4. The Morgan fingerprint density at radius 1 is 1.23 bits per heavy atom. The van der Waals surface area contributed by atoms with Gasteiger partial charge in [0.05, 0.1) is 6.54 Å². The maximum Gasteiger partial charge on any atom is 0.261 e. The largest absolute Gasteiger partial charge is 0.439 e. The summed E-state index contributed by atoms with van der Waals surface area (Å²) < 4.78 is 5.69. The number of carbonyl (C=O) groups is 1. The van der Waals surface area contributed by atoms with Gasteiger partial charge in [0, 0.05) is 5.69 Å². The number of carbonyl (C=O) groups excluding carboxylic acids is 1. The van der Waals surface area contributed by atoms with Gasteiger partial charge >= 0.3 is 0 Å². The number of aryl methyl sites for hydroxylation is 2. The number of amides is 1. The highest BCUT2D eigenvalue weighted by atomic mass is 16.3. The lowest BCUT2D eigenvalue weighted by molar-refractivity contribution is 0.0945. The number of hydrogen-bond donors (Lipinski definition) is 2. The average molecular weight is 353 g/mol. The van der Waals surface area contributed by atoms with Crippen molar-refractivity contribution >= 4 is 17.0 Å². The molecular formula is C20H23N3O3. The van der Waals surface area contributed by atoms with Gasteiger partial charge in [-0.05, 0) is 48.6 Å². The highest BCUT2D eigenvalue weighted by Gasteiger charge is 2.17. The number of nitrogens with one attached hydrogen (secondary N) is 2. The van der Waals surface area contributed by atoms with Crippen LogP contribution in [0.25, 0.3) is 11.1 Å². The van der Waals surface area contributed by atoms with E-state index < -0.39 is 11.5 Å². The van der Waals surface area contributed by atoms with Crippen molar-refractivity contribution in [1.29, 1.82) is 0 Å². The Morgan fingerprint density at radius 3 is 2.62 bits per heavy atom. The van der Waals surface area contributed by atoms with Crippen molar-refractivity contribution in [1.82, 2.24) is 15.3 Å². The van der Waals surface area contributed by atoms with Crippen LogP contribution in [0.4, 0.5) is 0 Å². The first-order valence-electron chi connectivity index (χ1n) is 8.54. The highest BCUT2D eigenvalue weighted by Crippen LogP contribution is 2.26. The Hall–Kier alpha value is -2.89. The maximum absolute atomic E-state index is 12.4. The van der Waals surface area contributed by atoms with Crippen LogP contribution >= 0.6 is 0 Å². The van der Waals surface area contributed by atoms with E-state index in [1.165, 1.54) is 0 Å². The van der Waals surface area contributed by atoms with Crippen molar-refractivity contribution in [2.24, 2.45) is 0 Å². The topological polar surface area (TPSA) is 88.0 Å². The quantitative estimate of drug-likeness (QED) is 0.756. The monoisotopic (exact) mass is 353 g/mol. The number of rotatable bonds is 3. The van der Waals surface area contributed by atoms with E-state index >= 15 is 0 Å². The minimum Gasteiger partial charge on any atom is -0.439 e. The zero-order chi connectivity index (χ0) is 19.1. The van der Waals surface area contributed by atoms with Gasteiger partial charge in [-0.3, -0.25) is 9.59 Å². The van der Waals surface area contributed by atoms with Crippen molar-refractivity contribution in [3.8, 4) is 0 Å². The molecule has 6 heteroatoms. The number of oxazole rings is 1. The molecule has 0 aliphatic heterocycles. The highest BCUT2D eigenvalue weighted by molar-refractivity contribution is 5.95. The summed E-state index contributed by atoms with van der Waals surface area (Å²) in [6, 6.07) is 7.68. The molecule has 26 heavy (non-hydrogen) atoms. The molecule has 0 saturated carbocycles. The fraction of sp³-hybridized carbons (Fsp3) is 0.350. The van der Waals surface area contributed by atoms with Crippen LogP contribution in [-0.2, 0) is 12.0 Å². The van der Waals surface area contributed by atoms with E-state index in [1.807, 2.05) is 18.2 Å². The molecule has 2 heterocycles. The molecule has 0 unspecified atom stereocenters. The summed E-state index contributed by atoms with van der Waals surface area (Å²) in [5, 5.41) is 2.71. The Bertz CT molecular complexity index is 1040. The van der Waals surface area contributed by atoms with Crippen molar-refractivity contribution in [3.05, 3.63) is 62.9 Å². The summed E-state index contributed by atoms with van der Waals surface area (Å²) in [4.78, 5) is 31.5. The first-order valence-corrected chi connectivity index (χ1v) is 8.54. The minimum absolute atomic E-state index is 0.0194. The third-order valence-electron chi connectivity index (χ3n) is 4.29. The van der Waals surface area contributed by atoms with E-state index in [0.717, 1.165) is 16.8 Å². The lowest BCUT2D eigenvalue weighted by Crippen LogP contribution is -2.30. The number of pyridine rings is 1. The van der Waals surface area contributed by atoms with Crippen LogP contribution < -0.4 is 10.9 Å². The van der Waals surface area contributed by atoms with Gasteiger partial charge in [0.1, 0.15) is 11.1 Å². The fourth-order valence-corrected chi connectivity index (χ4v) is 2.90. The van der Waals surface area contributed by atoms with E-state index in [1.54, 1.807) is 19.9 Å². The van der Waals surface area contributed by atoms with E-state index in [-0.39, 0.29) is 17.5 Å². The summed E-state index contributed by atoms with van der Waals surface area (Å²) >= 11 is 0. The zero-order valence-corrected chi connectivity index (χ0v) is 15.7. The molecule has 0 aliphatic carbocycles. The molecule has 0 spiro atoms. The first-order chi connectivity index (χ1) is 12.1. The molecule has 3 rings (SSSR count). The van der Waals surface area contributed by atoms with Crippen molar-refractivity contribution in [2.45, 2.75) is 46.6 Å². The third-order valence-corrected chi connectivity index (χ3v) is 4.29. The number of nitrogens with zero attached hydrogens (tertiary/aromatic N) is 1. The molecule has 0 atom stereocenters. The second kappa shape index (κ2) is 6.44. The minimum atomic E-state index is -0.443. The van der Waals surface area contributed by atoms with Gasteiger partial charge < -0.3 is 14.7 Å². The van der Waals surface area contributed by atoms with Crippen LogP contribution in [0.5, 0.6) is 0 Å². The van der Waals surface area contributed by atoms with Crippen LogP contribution in [0.3, 0.4) is 0 Å². The predicted molar refractivity (Wildman–Crippen MR) is 100 cm³/mol. The van der Waals surface area contributed by atoms with Gasteiger partial charge in [0.15, 0.2) is 5.58 Å². The Morgan fingerprint density at radius 2 is 1.96 bits per heavy atom. The lowest BCUT2D eigenvalue weighted by Gasteiger charge is -2.18. The van der Waals surface area contributed by atoms with Gasteiger partial charge in [-0.1, -0.05) is 26.8 Å². The number of hydrogen-bond acceptors (Lipinski definition) is 4. The number of aromatic nitrogens is 2. The SMILES string of the molecule is Cc1cc(C)c(C(=O)NCc2nc3cc(C(C)(C)C)ccc3o2)c(=O)[nH]1. The molecule has 0 bridgehead atoms. The van der Waals surface area contributed by atoms with Crippen molar-refractivity contribution in [3.63, 3.8) is 0 Å². The lowest BCUT2D eigenvalue weighted by atomic mass is 9.87. The molecule has 136 valence electrons. The summed E-state index contributed by atoms with van der Waals surface area (Å²) in [6.45, 7) is 10.0. The standard InChI is InChI=1S/C20H23N3O3/c1-11-8-12(2)22-19(25)17(11)18(24)21-10-16-23-14-9-13(20(3,4)5)6-7-15(14)26-16/h6-9H,10H2,1-5H3,(H,21,24)(H,22,25). The summed E-state index contributed by atoms with van der Waals surface area (Å²) in [7, 11) is 0. The van der Waals surface area contributed by atoms with E-state index in [0.29, 0.717) is 17.0 Å². The van der Waals surface area contributed by atoms with E-state index in [9.17, 15) is 9.59 Å². The Labute approximate surface area is 151 Å². The van der Waals surface area contributed by atoms with Crippen molar-refractivity contribution < 1.29 is 9.21 Å². The summed E-state index contributed by atoms with van der Waals surface area (Å²) in [5.41, 5.74) is 3.68. The molecule has 0 aliphatic rings. The Balaban J connectivity index is 1.80. The Kier molecular flexibility index (Phi) is 4.44. The molecular weight excluding hydrogens is 330 g/mol. The molecule has 1 amide bonds. The number of aromatic amines is 1. The van der Waals surface area contributed by atoms with Gasteiger partial charge in [-0.2, -0.15) is 0 Å². The molecule has 6 nitrogen and oxygen atoms in total. The molecule has 1 aromatic carbocycles. The second-order valence-corrected chi connectivity index (χ2v) is 7.56. The molecule has 0 fully saturated rings. The third kappa shape index (κ3) is 3.54. The fourth-order valence-electron chi connectivity index (χ4n) is 2.90. The van der Waals surface area contributed by atoms with E-state index in [2.05, 4.69) is 36.1 Å². The molecule has 2 aromatic heterocycles. The average Bonchev–Trinajstić information content (AvgIpc) is 2.93. The molecule has 2 N–H and O–H groups in total. The number of benzene rings is 1.